The van der Waals surface area contributed by atoms with Crippen LogP contribution >= 0.6 is 0 Å². The van der Waals surface area contributed by atoms with Crippen molar-refractivity contribution in [2.45, 2.75) is 20.4 Å². The van der Waals surface area contributed by atoms with Gasteiger partial charge in [-0.3, -0.25) is 10.1 Å². The lowest BCUT2D eigenvalue weighted by molar-refractivity contribution is -0.385. The molecule has 0 amide bonds. The summed E-state index contributed by atoms with van der Waals surface area (Å²) in [5, 5.41) is 11.0. The smallest absolute Gasteiger partial charge is 0.277 e. The molecule has 0 unspecified atom stereocenters. The molecule has 0 atom stereocenters. The summed E-state index contributed by atoms with van der Waals surface area (Å²) in [5.41, 5.74) is 6.95. The third-order valence-corrected chi connectivity index (χ3v) is 2.51. The third-order valence-electron chi connectivity index (χ3n) is 2.51. The molecule has 0 spiro atoms. The first-order valence-electron chi connectivity index (χ1n) is 5.81. The van der Waals surface area contributed by atoms with E-state index >= 15 is 0 Å². The highest BCUT2D eigenvalue weighted by Crippen LogP contribution is 2.34. The Hall–Kier alpha value is -2.08. The maximum atomic E-state index is 11.0. The van der Waals surface area contributed by atoms with Crippen LogP contribution in [0.1, 0.15) is 19.4 Å². The van der Waals surface area contributed by atoms with E-state index in [1.807, 2.05) is 19.9 Å². The molecule has 0 saturated carbocycles. The van der Waals surface area contributed by atoms with Gasteiger partial charge >= 0.3 is 0 Å². The van der Waals surface area contributed by atoms with Gasteiger partial charge < -0.3 is 15.2 Å². The molecule has 1 aromatic rings. The van der Waals surface area contributed by atoms with E-state index in [0.29, 0.717) is 23.7 Å². The standard InChI is InChI=1S/C13H18N2O4/c1-9(2)4-5-19-13-7-11(15(16)17)10(8-14)6-12(13)18-3/h4,6-7H,5,8,14H2,1-3H3. The van der Waals surface area contributed by atoms with Crippen molar-refractivity contribution in [1.82, 2.24) is 0 Å². The number of nitrogens with zero attached hydrogens (tertiary/aromatic N) is 1. The molecule has 0 saturated heterocycles. The largest absolute Gasteiger partial charge is 0.493 e. The van der Waals surface area contributed by atoms with E-state index in [9.17, 15) is 10.1 Å². The highest BCUT2D eigenvalue weighted by Gasteiger charge is 2.18. The number of nitro benzene ring substituents is 1. The van der Waals surface area contributed by atoms with Crippen LogP contribution in [0.2, 0.25) is 0 Å². The normalized spacial score (nSPS) is 9.89. The second kappa shape index (κ2) is 6.75. The monoisotopic (exact) mass is 266 g/mol. The highest BCUT2D eigenvalue weighted by molar-refractivity contribution is 5.54. The van der Waals surface area contributed by atoms with E-state index < -0.39 is 4.92 Å². The molecule has 2 N–H and O–H groups in total. The van der Waals surface area contributed by atoms with Gasteiger partial charge in [-0.05, 0) is 26.0 Å². The molecule has 0 heterocycles. The Balaban J connectivity index is 3.11. The van der Waals surface area contributed by atoms with Gasteiger partial charge in [-0.15, -0.1) is 0 Å². The molecular weight excluding hydrogens is 248 g/mol. The predicted octanol–water partition coefficient (Wildman–Crippen LogP) is 2.41. The molecule has 0 bridgehead atoms. The van der Waals surface area contributed by atoms with E-state index in [1.165, 1.54) is 19.2 Å². The highest BCUT2D eigenvalue weighted by atomic mass is 16.6. The number of allylic oxidation sites excluding steroid dienone is 1. The van der Waals surface area contributed by atoms with E-state index in [0.717, 1.165) is 5.57 Å². The topological polar surface area (TPSA) is 87.6 Å². The number of hydrogen-bond donors (Lipinski definition) is 1. The van der Waals surface area contributed by atoms with Crippen molar-refractivity contribution in [2.24, 2.45) is 5.73 Å². The molecule has 0 aliphatic heterocycles. The maximum Gasteiger partial charge on any atom is 0.277 e. The number of nitro groups is 1. The van der Waals surface area contributed by atoms with Crippen molar-refractivity contribution >= 4 is 5.69 Å². The minimum Gasteiger partial charge on any atom is -0.493 e. The summed E-state index contributed by atoms with van der Waals surface area (Å²) in [6.45, 7) is 4.29. The molecule has 0 aliphatic rings. The molecular formula is C13H18N2O4. The Kier molecular flexibility index (Phi) is 5.32. The van der Waals surface area contributed by atoms with Gasteiger partial charge in [0.05, 0.1) is 18.1 Å². The number of rotatable bonds is 6. The van der Waals surface area contributed by atoms with Gasteiger partial charge in [-0.1, -0.05) is 5.57 Å². The molecule has 6 heteroatoms. The SMILES string of the molecule is COc1cc(CN)c([N+](=O)[O-])cc1OCC=C(C)C. The van der Waals surface area contributed by atoms with Crippen molar-refractivity contribution in [2.75, 3.05) is 13.7 Å². The van der Waals surface area contributed by atoms with Gasteiger partial charge in [-0.2, -0.15) is 0 Å². The quantitative estimate of drug-likeness (QED) is 0.485. The van der Waals surface area contributed by atoms with Gasteiger partial charge in [-0.25, -0.2) is 0 Å². The van der Waals surface area contributed by atoms with Crippen LogP contribution < -0.4 is 15.2 Å². The Bertz CT molecular complexity index is 494. The Morgan fingerprint density at radius 3 is 2.58 bits per heavy atom. The molecule has 19 heavy (non-hydrogen) atoms. The fourth-order valence-electron chi connectivity index (χ4n) is 1.50. The lowest BCUT2D eigenvalue weighted by Crippen LogP contribution is -2.05. The van der Waals surface area contributed by atoms with Gasteiger partial charge in [0.15, 0.2) is 11.5 Å². The molecule has 1 aromatic carbocycles. The van der Waals surface area contributed by atoms with E-state index in [-0.39, 0.29) is 12.2 Å². The fraction of sp³-hybridized carbons (Fsp3) is 0.385. The molecule has 6 nitrogen and oxygen atoms in total. The van der Waals surface area contributed by atoms with Crippen LogP contribution in [-0.2, 0) is 6.54 Å². The first-order chi connectivity index (χ1) is 8.99. The first-order valence-corrected chi connectivity index (χ1v) is 5.81. The van der Waals surface area contributed by atoms with Crippen LogP contribution in [0.25, 0.3) is 0 Å². The fourth-order valence-corrected chi connectivity index (χ4v) is 1.50. The molecule has 0 radical (unpaired) electrons. The lowest BCUT2D eigenvalue weighted by atomic mass is 10.1. The van der Waals surface area contributed by atoms with Crippen molar-refractivity contribution in [1.29, 1.82) is 0 Å². The van der Waals surface area contributed by atoms with Crippen LogP contribution in [0.5, 0.6) is 11.5 Å². The second-order valence-corrected chi connectivity index (χ2v) is 4.19. The van der Waals surface area contributed by atoms with Crippen LogP contribution in [-0.4, -0.2) is 18.6 Å². The number of hydrogen-bond acceptors (Lipinski definition) is 5. The molecule has 1 rings (SSSR count). The van der Waals surface area contributed by atoms with E-state index in [2.05, 4.69) is 0 Å². The van der Waals surface area contributed by atoms with E-state index in [4.69, 9.17) is 15.2 Å². The summed E-state index contributed by atoms with van der Waals surface area (Å²) in [6.07, 6.45) is 1.88. The number of nitrogens with two attached hydrogens (primary N) is 1. The lowest BCUT2D eigenvalue weighted by Gasteiger charge is -2.11. The average Bonchev–Trinajstić information content (AvgIpc) is 2.37. The second-order valence-electron chi connectivity index (χ2n) is 4.19. The van der Waals surface area contributed by atoms with Crippen LogP contribution in [0.3, 0.4) is 0 Å². The van der Waals surface area contributed by atoms with Gasteiger partial charge in [0.25, 0.3) is 5.69 Å². The van der Waals surface area contributed by atoms with Crippen LogP contribution in [0, 0.1) is 10.1 Å². The van der Waals surface area contributed by atoms with Crippen LogP contribution in [0.4, 0.5) is 5.69 Å². The predicted molar refractivity (Wildman–Crippen MR) is 72.5 cm³/mol. The van der Waals surface area contributed by atoms with Crippen molar-refractivity contribution < 1.29 is 14.4 Å². The number of ether oxygens (including phenoxy) is 2. The number of benzene rings is 1. The third kappa shape index (κ3) is 3.96. The summed E-state index contributed by atoms with van der Waals surface area (Å²) in [4.78, 5) is 10.5. The minimum absolute atomic E-state index is 0.0597. The zero-order valence-electron chi connectivity index (χ0n) is 11.3. The van der Waals surface area contributed by atoms with Gasteiger partial charge in [0.2, 0.25) is 0 Å². The summed E-state index contributed by atoms with van der Waals surface area (Å²) >= 11 is 0. The average molecular weight is 266 g/mol. The van der Waals surface area contributed by atoms with Gasteiger partial charge in [0.1, 0.15) is 6.61 Å². The summed E-state index contributed by atoms with van der Waals surface area (Å²) in [7, 11) is 1.48. The zero-order chi connectivity index (χ0) is 14.4. The summed E-state index contributed by atoms with van der Waals surface area (Å²) < 4.78 is 10.6. The Labute approximate surface area is 112 Å². The van der Waals surface area contributed by atoms with E-state index in [1.54, 1.807) is 0 Å². The molecule has 104 valence electrons. The van der Waals surface area contributed by atoms with Crippen molar-refractivity contribution in [3.63, 3.8) is 0 Å². The first kappa shape index (κ1) is 15.0. The van der Waals surface area contributed by atoms with Crippen molar-refractivity contribution in [3.05, 3.63) is 39.5 Å². The van der Waals surface area contributed by atoms with Crippen LogP contribution in [0.15, 0.2) is 23.8 Å². The minimum atomic E-state index is -0.477. The summed E-state index contributed by atoms with van der Waals surface area (Å²) in [6, 6.07) is 2.88. The number of methoxy groups -OCH3 is 1. The zero-order valence-corrected chi connectivity index (χ0v) is 11.3. The molecule has 0 fully saturated rings. The Morgan fingerprint density at radius 2 is 2.11 bits per heavy atom. The van der Waals surface area contributed by atoms with Crippen molar-refractivity contribution in [3.8, 4) is 11.5 Å². The maximum absolute atomic E-state index is 11.0. The summed E-state index contributed by atoms with van der Waals surface area (Å²) in [5.74, 6) is 0.775. The molecule has 0 aromatic heterocycles. The Morgan fingerprint density at radius 1 is 1.42 bits per heavy atom. The molecule has 0 aliphatic carbocycles. The van der Waals surface area contributed by atoms with Gasteiger partial charge in [0, 0.05) is 12.1 Å².